The Hall–Kier alpha value is -0.930. The Kier molecular flexibility index (Phi) is 3.12. The molecule has 1 aromatic rings. The smallest absolute Gasteiger partial charge is 0.0573 e. The van der Waals surface area contributed by atoms with E-state index in [1.807, 2.05) is 12.3 Å². The molecule has 1 aliphatic carbocycles. The predicted molar refractivity (Wildman–Crippen MR) is 68.8 cm³/mol. The lowest BCUT2D eigenvalue weighted by Crippen LogP contribution is -2.51. The summed E-state index contributed by atoms with van der Waals surface area (Å²) in [4.78, 5) is 7.15. The van der Waals surface area contributed by atoms with E-state index in [1.54, 1.807) is 0 Å². The molecule has 2 fully saturated rings. The van der Waals surface area contributed by atoms with Gasteiger partial charge in [0, 0.05) is 38.4 Å². The molecule has 92 valence electrons. The maximum atomic E-state index is 4.52. The van der Waals surface area contributed by atoms with Gasteiger partial charge in [0.25, 0.3) is 0 Å². The van der Waals surface area contributed by atoms with Gasteiger partial charge in [0.15, 0.2) is 0 Å². The lowest BCUT2D eigenvalue weighted by molar-refractivity contribution is 0.134. The summed E-state index contributed by atoms with van der Waals surface area (Å²) in [6.07, 6.45) is 4.75. The molecule has 1 saturated heterocycles. The third-order valence-electron chi connectivity index (χ3n) is 4.04. The summed E-state index contributed by atoms with van der Waals surface area (Å²) in [6.45, 7) is 6.63. The van der Waals surface area contributed by atoms with Crippen LogP contribution < -0.4 is 5.32 Å². The first-order chi connectivity index (χ1) is 8.34. The molecule has 1 N–H and O–H groups in total. The summed E-state index contributed by atoms with van der Waals surface area (Å²) in [7, 11) is 0. The number of nitrogens with one attached hydrogen (secondary N) is 1. The van der Waals surface area contributed by atoms with Crippen molar-refractivity contribution >= 4 is 0 Å². The molecule has 1 saturated carbocycles. The van der Waals surface area contributed by atoms with Crippen LogP contribution in [0.25, 0.3) is 0 Å². The maximum absolute atomic E-state index is 4.52. The topological polar surface area (TPSA) is 28.2 Å². The van der Waals surface area contributed by atoms with Gasteiger partial charge in [0.05, 0.1) is 5.69 Å². The molecule has 0 radical (unpaired) electrons. The van der Waals surface area contributed by atoms with Gasteiger partial charge >= 0.3 is 0 Å². The average molecular weight is 231 g/mol. The SMILES string of the molecule is Cc1cccnc1CN1CCNCC1C1CC1. The summed E-state index contributed by atoms with van der Waals surface area (Å²) in [5.41, 5.74) is 2.57. The third-order valence-corrected chi connectivity index (χ3v) is 4.04. The zero-order chi connectivity index (χ0) is 11.7. The summed E-state index contributed by atoms with van der Waals surface area (Å²) >= 11 is 0. The van der Waals surface area contributed by atoms with Crippen molar-refractivity contribution in [2.75, 3.05) is 19.6 Å². The lowest BCUT2D eigenvalue weighted by atomic mass is 10.1. The van der Waals surface area contributed by atoms with Crippen molar-refractivity contribution < 1.29 is 0 Å². The van der Waals surface area contributed by atoms with Crippen molar-refractivity contribution in [1.29, 1.82) is 0 Å². The number of piperazine rings is 1. The van der Waals surface area contributed by atoms with E-state index < -0.39 is 0 Å². The third kappa shape index (κ3) is 2.50. The van der Waals surface area contributed by atoms with Crippen LogP contribution in [0.5, 0.6) is 0 Å². The monoisotopic (exact) mass is 231 g/mol. The van der Waals surface area contributed by atoms with Crippen LogP contribution in [-0.2, 0) is 6.54 Å². The van der Waals surface area contributed by atoms with Crippen LogP contribution in [-0.4, -0.2) is 35.6 Å². The van der Waals surface area contributed by atoms with Crippen LogP contribution >= 0.6 is 0 Å². The van der Waals surface area contributed by atoms with Crippen molar-refractivity contribution in [2.24, 2.45) is 5.92 Å². The van der Waals surface area contributed by atoms with Crippen molar-refractivity contribution in [3.8, 4) is 0 Å². The molecular weight excluding hydrogens is 210 g/mol. The lowest BCUT2D eigenvalue weighted by Gasteiger charge is -2.36. The summed E-state index contributed by atoms with van der Waals surface area (Å²) < 4.78 is 0. The largest absolute Gasteiger partial charge is 0.314 e. The Bertz CT molecular complexity index is 387. The number of aromatic nitrogens is 1. The van der Waals surface area contributed by atoms with E-state index in [9.17, 15) is 0 Å². The van der Waals surface area contributed by atoms with Crippen LogP contribution in [0.1, 0.15) is 24.1 Å². The average Bonchev–Trinajstić information content (AvgIpc) is 3.17. The molecule has 0 bridgehead atoms. The second-order valence-electron chi connectivity index (χ2n) is 5.35. The van der Waals surface area contributed by atoms with Crippen LogP contribution in [0.2, 0.25) is 0 Å². The van der Waals surface area contributed by atoms with Gasteiger partial charge in [-0.15, -0.1) is 0 Å². The zero-order valence-electron chi connectivity index (χ0n) is 10.5. The van der Waals surface area contributed by atoms with Crippen molar-refractivity contribution in [2.45, 2.75) is 32.4 Å². The highest BCUT2D eigenvalue weighted by Crippen LogP contribution is 2.36. The summed E-state index contributed by atoms with van der Waals surface area (Å²) in [5, 5.41) is 3.52. The number of nitrogens with zero attached hydrogens (tertiary/aromatic N) is 2. The van der Waals surface area contributed by atoms with E-state index in [2.05, 4.69) is 28.2 Å². The van der Waals surface area contributed by atoms with Gasteiger partial charge in [-0.1, -0.05) is 6.07 Å². The normalized spacial score (nSPS) is 26.1. The molecule has 3 heteroatoms. The molecule has 1 aromatic heterocycles. The molecule has 1 aliphatic heterocycles. The van der Waals surface area contributed by atoms with Crippen LogP contribution in [0.4, 0.5) is 0 Å². The number of rotatable bonds is 3. The van der Waals surface area contributed by atoms with Gasteiger partial charge < -0.3 is 5.32 Å². The van der Waals surface area contributed by atoms with Crippen molar-refractivity contribution in [1.82, 2.24) is 15.2 Å². The molecule has 3 rings (SSSR count). The highest BCUT2D eigenvalue weighted by molar-refractivity contribution is 5.17. The fourth-order valence-corrected chi connectivity index (χ4v) is 2.79. The van der Waals surface area contributed by atoms with Crippen molar-refractivity contribution in [3.05, 3.63) is 29.6 Å². The Morgan fingerprint density at radius 2 is 2.35 bits per heavy atom. The maximum Gasteiger partial charge on any atom is 0.0573 e. The van der Waals surface area contributed by atoms with Gasteiger partial charge in [-0.3, -0.25) is 9.88 Å². The summed E-state index contributed by atoms with van der Waals surface area (Å²) in [6, 6.07) is 4.93. The zero-order valence-corrected chi connectivity index (χ0v) is 10.5. The minimum atomic E-state index is 0.741. The molecular formula is C14H21N3. The van der Waals surface area contributed by atoms with E-state index in [4.69, 9.17) is 0 Å². The van der Waals surface area contributed by atoms with Gasteiger partial charge in [-0.2, -0.15) is 0 Å². The number of aryl methyl sites for hydroxylation is 1. The molecule has 0 amide bonds. The second kappa shape index (κ2) is 4.75. The van der Waals surface area contributed by atoms with Gasteiger partial charge in [-0.05, 0) is 37.3 Å². The first-order valence-electron chi connectivity index (χ1n) is 6.70. The Morgan fingerprint density at radius 3 is 3.12 bits per heavy atom. The highest BCUT2D eigenvalue weighted by Gasteiger charge is 2.36. The second-order valence-corrected chi connectivity index (χ2v) is 5.35. The molecule has 17 heavy (non-hydrogen) atoms. The summed E-state index contributed by atoms with van der Waals surface area (Å²) in [5.74, 6) is 0.937. The van der Waals surface area contributed by atoms with E-state index in [0.29, 0.717) is 0 Å². The van der Waals surface area contributed by atoms with Crippen LogP contribution in [0, 0.1) is 12.8 Å². The van der Waals surface area contributed by atoms with Gasteiger partial charge in [0.1, 0.15) is 0 Å². The fourth-order valence-electron chi connectivity index (χ4n) is 2.79. The highest BCUT2D eigenvalue weighted by atomic mass is 15.2. The molecule has 2 aliphatic rings. The number of hydrogen-bond acceptors (Lipinski definition) is 3. The Morgan fingerprint density at radius 1 is 1.47 bits per heavy atom. The quantitative estimate of drug-likeness (QED) is 0.856. The van der Waals surface area contributed by atoms with E-state index in [-0.39, 0.29) is 0 Å². The molecule has 0 spiro atoms. The van der Waals surface area contributed by atoms with Crippen LogP contribution in [0.3, 0.4) is 0 Å². The predicted octanol–water partition coefficient (Wildman–Crippen LogP) is 1.57. The number of hydrogen-bond donors (Lipinski definition) is 1. The first kappa shape index (κ1) is 11.2. The number of pyridine rings is 1. The van der Waals surface area contributed by atoms with Crippen LogP contribution in [0.15, 0.2) is 18.3 Å². The molecule has 2 heterocycles. The fraction of sp³-hybridized carbons (Fsp3) is 0.643. The Balaban J connectivity index is 1.72. The molecule has 3 nitrogen and oxygen atoms in total. The van der Waals surface area contributed by atoms with Gasteiger partial charge in [-0.25, -0.2) is 0 Å². The minimum Gasteiger partial charge on any atom is -0.314 e. The first-order valence-corrected chi connectivity index (χ1v) is 6.70. The standard InChI is InChI=1S/C14H21N3/c1-11-3-2-6-16-13(11)10-17-8-7-15-9-14(17)12-4-5-12/h2-3,6,12,14-15H,4-5,7-10H2,1H3. The molecule has 1 unspecified atom stereocenters. The Labute approximate surface area is 103 Å². The van der Waals surface area contributed by atoms with Crippen molar-refractivity contribution in [3.63, 3.8) is 0 Å². The van der Waals surface area contributed by atoms with E-state index in [0.717, 1.165) is 38.1 Å². The minimum absolute atomic E-state index is 0.741. The van der Waals surface area contributed by atoms with E-state index in [1.165, 1.54) is 24.1 Å². The molecule has 0 aromatic carbocycles. The molecule has 1 atom stereocenters. The van der Waals surface area contributed by atoms with E-state index >= 15 is 0 Å². The van der Waals surface area contributed by atoms with Gasteiger partial charge in [0.2, 0.25) is 0 Å².